The zero-order valence-electron chi connectivity index (χ0n) is 13.0. The average molecular weight is 334 g/mol. The number of anilines is 1. The monoisotopic (exact) mass is 334 g/mol. The molecule has 0 spiro atoms. The van der Waals surface area contributed by atoms with E-state index < -0.39 is 0 Å². The summed E-state index contributed by atoms with van der Waals surface area (Å²) < 4.78 is 9.75. The van der Waals surface area contributed by atoms with Gasteiger partial charge in [0.25, 0.3) is 0 Å². The zero-order chi connectivity index (χ0) is 16.8. The van der Waals surface area contributed by atoms with Gasteiger partial charge in [0, 0.05) is 36.2 Å². The standard InChI is InChI=1S/C16H18N2O4S/c1-10-8-15(20)22-13-9-11(5-6-12(10)13)18-16(23)17-7-3-4-14(19)21-2/h5-6,8-9H,3-4,7H2,1-2H3,(H2,17,18,23). The number of carbonyl (C=O) groups is 1. The molecule has 6 nitrogen and oxygen atoms in total. The Bertz CT molecular complexity index is 785. The van der Waals surface area contributed by atoms with Crippen molar-refractivity contribution < 1.29 is 13.9 Å². The maximum atomic E-state index is 11.4. The molecule has 0 aliphatic rings. The highest BCUT2D eigenvalue weighted by molar-refractivity contribution is 7.80. The Morgan fingerprint density at radius 3 is 2.87 bits per heavy atom. The second-order valence-electron chi connectivity index (χ2n) is 5.02. The first-order chi connectivity index (χ1) is 11.0. The van der Waals surface area contributed by atoms with Gasteiger partial charge in [-0.1, -0.05) is 0 Å². The molecule has 0 fully saturated rings. The highest BCUT2D eigenvalue weighted by atomic mass is 32.1. The van der Waals surface area contributed by atoms with Crippen LogP contribution in [0.25, 0.3) is 11.0 Å². The molecule has 23 heavy (non-hydrogen) atoms. The first-order valence-corrected chi connectivity index (χ1v) is 7.56. The van der Waals surface area contributed by atoms with Crippen molar-refractivity contribution in [2.45, 2.75) is 19.8 Å². The highest BCUT2D eigenvalue weighted by Gasteiger charge is 2.05. The van der Waals surface area contributed by atoms with Gasteiger partial charge >= 0.3 is 11.6 Å². The lowest BCUT2D eigenvalue weighted by molar-refractivity contribution is -0.140. The number of esters is 1. The van der Waals surface area contributed by atoms with Crippen LogP contribution < -0.4 is 16.3 Å². The zero-order valence-corrected chi connectivity index (χ0v) is 13.8. The lowest BCUT2D eigenvalue weighted by Gasteiger charge is -2.11. The topological polar surface area (TPSA) is 80.6 Å². The van der Waals surface area contributed by atoms with Crippen LogP contribution in [0.3, 0.4) is 0 Å². The number of carbonyl (C=O) groups excluding carboxylic acids is 1. The third kappa shape index (κ3) is 4.79. The summed E-state index contributed by atoms with van der Waals surface area (Å²) in [5.41, 5.74) is 1.71. The third-order valence-corrected chi connectivity index (χ3v) is 3.53. The SMILES string of the molecule is COC(=O)CCCNC(=S)Nc1ccc2c(C)cc(=O)oc2c1. The number of hydrogen-bond acceptors (Lipinski definition) is 5. The Morgan fingerprint density at radius 2 is 2.13 bits per heavy atom. The number of rotatable bonds is 5. The summed E-state index contributed by atoms with van der Waals surface area (Å²) in [5, 5.41) is 7.33. The summed E-state index contributed by atoms with van der Waals surface area (Å²) in [6.45, 7) is 2.42. The first-order valence-electron chi connectivity index (χ1n) is 7.16. The summed E-state index contributed by atoms with van der Waals surface area (Å²) in [6.07, 6.45) is 0.965. The van der Waals surface area contributed by atoms with Gasteiger partial charge in [-0.2, -0.15) is 0 Å². The van der Waals surface area contributed by atoms with E-state index in [1.165, 1.54) is 13.2 Å². The number of ether oxygens (including phenoxy) is 1. The van der Waals surface area contributed by atoms with Crippen molar-refractivity contribution in [3.63, 3.8) is 0 Å². The summed E-state index contributed by atoms with van der Waals surface area (Å²) in [7, 11) is 1.36. The fourth-order valence-electron chi connectivity index (χ4n) is 2.11. The van der Waals surface area contributed by atoms with Crippen LogP contribution in [-0.2, 0) is 9.53 Å². The van der Waals surface area contributed by atoms with E-state index in [1.54, 1.807) is 6.07 Å². The molecule has 0 amide bonds. The Labute approximate surface area is 138 Å². The van der Waals surface area contributed by atoms with Crippen LogP contribution in [0.1, 0.15) is 18.4 Å². The molecular weight excluding hydrogens is 316 g/mol. The Kier molecular flexibility index (Phi) is 5.70. The molecule has 2 aromatic rings. The number of nitrogens with one attached hydrogen (secondary N) is 2. The second-order valence-corrected chi connectivity index (χ2v) is 5.43. The molecule has 0 aliphatic carbocycles. The molecule has 0 unspecified atom stereocenters. The normalized spacial score (nSPS) is 10.3. The van der Waals surface area contributed by atoms with Crippen molar-refractivity contribution in [2.75, 3.05) is 19.0 Å². The van der Waals surface area contributed by atoms with Gasteiger partial charge in [0.1, 0.15) is 5.58 Å². The minimum atomic E-state index is -0.379. The number of methoxy groups -OCH3 is 1. The Hall–Kier alpha value is -2.41. The van der Waals surface area contributed by atoms with Gasteiger partial charge in [0.2, 0.25) is 0 Å². The van der Waals surface area contributed by atoms with Gasteiger partial charge < -0.3 is 19.8 Å². The van der Waals surface area contributed by atoms with Crippen LogP contribution in [0.5, 0.6) is 0 Å². The van der Waals surface area contributed by atoms with Crippen molar-refractivity contribution in [1.82, 2.24) is 5.32 Å². The maximum Gasteiger partial charge on any atom is 0.336 e. The fourth-order valence-corrected chi connectivity index (χ4v) is 2.33. The molecule has 122 valence electrons. The quantitative estimate of drug-likeness (QED) is 0.376. The van der Waals surface area contributed by atoms with Gasteiger partial charge in [0.15, 0.2) is 5.11 Å². The number of benzene rings is 1. The predicted molar refractivity (Wildman–Crippen MR) is 92.7 cm³/mol. The largest absolute Gasteiger partial charge is 0.469 e. The summed E-state index contributed by atoms with van der Waals surface area (Å²) in [6, 6.07) is 6.92. The Morgan fingerprint density at radius 1 is 1.35 bits per heavy atom. The van der Waals surface area contributed by atoms with Crippen molar-refractivity contribution in [3.05, 3.63) is 40.2 Å². The summed E-state index contributed by atoms with van der Waals surface area (Å²) in [4.78, 5) is 22.4. The maximum absolute atomic E-state index is 11.4. The molecule has 2 N–H and O–H groups in total. The van der Waals surface area contributed by atoms with E-state index in [1.807, 2.05) is 19.1 Å². The van der Waals surface area contributed by atoms with Gasteiger partial charge in [-0.25, -0.2) is 4.79 Å². The molecule has 1 heterocycles. The average Bonchev–Trinajstić information content (AvgIpc) is 2.50. The minimum Gasteiger partial charge on any atom is -0.469 e. The van der Waals surface area contributed by atoms with E-state index in [0.717, 1.165) is 16.6 Å². The molecule has 0 radical (unpaired) electrons. The molecular formula is C16H18N2O4S. The third-order valence-electron chi connectivity index (χ3n) is 3.28. The number of fused-ring (bicyclic) bond motifs is 1. The number of aryl methyl sites for hydroxylation is 1. The van der Waals surface area contributed by atoms with Crippen molar-refractivity contribution in [3.8, 4) is 0 Å². The van der Waals surface area contributed by atoms with Crippen LogP contribution in [-0.4, -0.2) is 24.7 Å². The van der Waals surface area contributed by atoms with E-state index in [4.69, 9.17) is 16.6 Å². The summed E-state index contributed by atoms with van der Waals surface area (Å²) in [5.74, 6) is -0.245. The lowest BCUT2D eigenvalue weighted by Crippen LogP contribution is -2.29. The van der Waals surface area contributed by atoms with Gasteiger partial charge in [-0.05, 0) is 43.3 Å². The fraction of sp³-hybridized carbons (Fsp3) is 0.312. The first kappa shape index (κ1) is 17.0. The molecule has 0 bridgehead atoms. The van der Waals surface area contributed by atoms with Gasteiger partial charge in [-0.3, -0.25) is 4.79 Å². The van der Waals surface area contributed by atoms with E-state index >= 15 is 0 Å². The molecule has 1 aromatic heterocycles. The van der Waals surface area contributed by atoms with Crippen molar-refractivity contribution >= 4 is 40.0 Å². The van der Waals surface area contributed by atoms with Crippen LogP contribution in [0.15, 0.2) is 33.5 Å². The van der Waals surface area contributed by atoms with Crippen LogP contribution >= 0.6 is 12.2 Å². The molecule has 0 saturated carbocycles. The van der Waals surface area contributed by atoms with Crippen LogP contribution in [0, 0.1) is 6.92 Å². The second kappa shape index (κ2) is 7.73. The lowest BCUT2D eigenvalue weighted by atomic mass is 10.1. The predicted octanol–water partition coefficient (Wildman–Crippen LogP) is 2.34. The highest BCUT2D eigenvalue weighted by Crippen LogP contribution is 2.20. The van der Waals surface area contributed by atoms with Crippen LogP contribution in [0.2, 0.25) is 0 Å². The smallest absolute Gasteiger partial charge is 0.336 e. The molecule has 0 atom stereocenters. The van der Waals surface area contributed by atoms with Crippen molar-refractivity contribution in [1.29, 1.82) is 0 Å². The van der Waals surface area contributed by atoms with E-state index in [9.17, 15) is 9.59 Å². The van der Waals surface area contributed by atoms with E-state index in [2.05, 4.69) is 15.4 Å². The van der Waals surface area contributed by atoms with Gasteiger partial charge in [0.05, 0.1) is 7.11 Å². The molecule has 0 saturated heterocycles. The van der Waals surface area contributed by atoms with Crippen molar-refractivity contribution in [2.24, 2.45) is 0 Å². The Balaban J connectivity index is 1.95. The van der Waals surface area contributed by atoms with E-state index in [0.29, 0.717) is 30.1 Å². The molecule has 1 aromatic carbocycles. The molecule has 2 rings (SSSR count). The number of thiocarbonyl (C=S) groups is 1. The molecule has 0 aliphatic heterocycles. The summed E-state index contributed by atoms with van der Waals surface area (Å²) >= 11 is 5.19. The van der Waals surface area contributed by atoms with Crippen LogP contribution in [0.4, 0.5) is 5.69 Å². The van der Waals surface area contributed by atoms with Gasteiger partial charge in [-0.15, -0.1) is 0 Å². The number of hydrogen-bond donors (Lipinski definition) is 2. The molecule has 7 heteroatoms. The minimum absolute atomic E-state index is 0.245. The van der Waals surface area contributed by atoms with E-state index in [-0.39, 0.29) is 11.6 Å².